The summed E-state index contributed by atoms with van der Waals surface area (Å²) < 4.78 is 0. The van der Waals surface area contributed by atoms with Crippen LogP contribution in [0.15, 0.2) is 23.9 Å². The van der Waals surface area contributed by atoms with E-state index in [0.717, 1.165) is 32.2 Å². The number of rotatable bonds is 6. The number of alkyl halides is 1. The highest BCUT2D eigenvalue weighted by molar-refractivity contribution is 6.20. The summed E-state index contributed by atoms with van der Waals surface area (Å²) in [5.41, 5.74) is 0.628. The van der Waals surface area contributed by atoms with E-state index in [2.05, 4.69) is 30.6 Å². The van der Waals surface area contributed by atoms with Crippen molar-refractivity contribution in [1.82, 2.24) is 15.5 Å². The predicted octanol–water partition coefficient (Wildman–Crippen LogP) is 2.61. The number of dihydropyridines is 1. The van der Waals surface area contributed by atoms with Gasteiger partial charge in [-0.1, -0.05) is 27.4 Å². The predicted molar refractivity (Wildman–Crippen MR) is 125 cm³/mol. The molecule has 5 N–H and O–H groups in total. The van der Waals surface area contributed by atoms with Gasteiger partial charge in [0, 0.05) is 31.6 Å². The molecule has 30 heavy (non-hydrogen) atoms. The van der Waals surface area contributed by atoms with E-state index in [-0.39, 0.29) is 36.1 Å². The van der Waals surface area contributed by atoms with Crippen LogP contribution in [0, 0.1) is 11.8 Å². The fraction of sp³-hybridized carbons (Fsp3) is 0.783. The molecule has 1 amide bonds. The molecule has 1 atom stereocenters. The van der Waals surface area contributed by atoms with E-state index in [1.54, 1.807) is 0 Å². The van der Waals surface area contributed by atoms with Crippen LogP contribution in [0.4, 0.5) is 0 Å². The number of likely N-dealkylation sites (tertiary alicyclic amines) is 1. The van der Waals surface area contributed by atoms with Gasteiger partial charge < -0.3 is 26.1 Å². The van der Waals surface area contributed by atoms with Crippen molar-refractivity contribution in [2.45, 2.75) is 76.8 Å². The van der Waals surface area contributed by atoms with Crippen molar-refractivity contribution in [3.05, 3.63) is 23.9 Å². The van der Waals surface area contributed by atoms with E-state index >= 15 is 0 Å². The highest BCUT2D eigenvalue weighted by Crippen LogP contribution is 2.40. The van der Waals surface area contributed by atoms with Crippen LogP contribution < -0.4 is 10.6 Å². The molecule has 2 aliphatic heterocycles. The molecule has 7 heteroatoms. The molecule has 1 aliphatic carbocycles. The van der Waals surface area contributed by atoms with Crippen LogP contribution in [-0.2, 0) is 4.79 Å². The first kappa shape index (κ1) is 27.0. The van der Waals surface area contributed by atoms with Crippen molar-refractivity contribution in [3.63, 3.8) is 0 Å². The van der Waals surface area contributed by atoms with Crippen LogP contribution in [0.2, 0.25) is 0 Å². The number of aliphatic hydroxyl groups is 1. The van der Waals surface area contributed by atoms with Gasteiger partial charge in [0.1, 0.15) is 0 Å². The van der Waals surface area contributed by atoms with E-state index in [4.69, 9.17) is 11.6 Å². The van der Waals surface area contributed by atoms with Gasteiger partial charge in [0.2, 0.25) is 5.91 Å². The Morgan fingerprint density at radius 1 is 1.30 bits per heavy atom. The van der Waals surface area contributed by atoms with E-state index < -0.39 is 5.60 Å². The SMILES string of the molecule is C.CC(C)[C@@H](NCC1=CC=CNC1)C(=O)N1CCC(O)(C2CCC(Cl)CC2)CC1.O. The number of amides is 1. The largest absolute Gasteiger partial charge is 0.412 e. The van der Waals surface area contributed by atoms with Gasteiger partial charge >= 0.3 is 0 Å². The summed E-state index contributed by atoms with van der Waals surface area (Å²) in [5, 5.41) is 18.1. The Hall–Kier alpha value is -1.08. The molecule has 0 spiro atoms. The minimum atomic E-state index is -0.626. The van der Waals surface area contributed by atoms with Crippen LogP contribution in [0.25, 0.3) is 0 Å². The molecule has 3 rings (SSSR count). The topological polar surface area (TPSA) is 96.1 Å². The van der Waals surface area contributed by atoms with Crippen LogP contribution in [0.5, 0.6) is 0 Å². The standard InChI is InChI=1S/C22H36ClN3O2.CH4.H2O/c1-16(2)20(25-15-17-4-3-11-24-14-17)21(27)26-12-9-22(28,10-13-26)18-5-7-19(23)8-6-18;;/h3-4,11,16,18-20,24-25,28H,5-10,12-15H2,1-2H3;1H4;1H2/t18?,19?,20-;;/m1../s1. The first-order valence-electron chi connectivity index (χ1n) is 10.9. The molecule has 6 nitrogen and oxygen atoms in total. The summed E-state index contributed by atoms with van der Waals surface area (Å²) in [6.07, 6.45) is 11.4. The number of carbonyl (C=O) groups is 1. The normalized spacial score (nSPS) is 26.7. The van der Waals surface area contributed by atoms with Gasteiger partial charge in [0.15, 0.2) is 0 Å². The van der Waals surface area contributed by atoms with E-state index in [0.29, 0.717) is 38.4 Å². The van der Waals surface area contributed by atoms with Crippen LogP contribution in [-0.4, -0.2) is 64.6 Å². The maximum Gasteiger partial charge on any atom is 0.239 e. The van der Waals surface area contributed by atoms with Gasteiger partial charge in [0.25, 0.3) is 0 Å². The number of hydrogen-bond acceptors (Lipinski definition) is 4. The molecule has 1 saturated heterocycles. The highest BCUT2D eigenvalue weighted by Gasteiger charge is 2.42. The second kappa shape index (κ2) is 12.1. The van der Waals surface area contributed by atoms with Crippen LogP contribution in [0.3, 0.4) is 0 Å². The van der Waals surface area contributed by atoms with Gasteiger partial charge in [-0.25, -0.2) is 0 Å². The number of allylic oxidation sites excluding steroid dienone is 2. The molecule has 0 radical (unpaired) electrons. The number of nitrogens with zero attached hydrogens (tertiary/aromatic N) is 1. The lowest BCUT2D eigenvalue weighted by Gasteiger charge is -2.45. The summed E-state index contributed by atoms with van der Waals surface area (Å²) in [6.45, 7) is 7.01. The minimum absolute atomic E-state index is 0. The van der Waals surface area contributed by atoms with Gasteiger partial charge in [0.05, 0.1) is 11.6 Å². The summed E-state index contributed by atoms with van der Waals surface area (Å²) >= 11 is 6.23. The van der Waals surface area contributed by atoms with Crippen molar-refractivity contribution in [2.24, 2.45) is 11.8 Å². The Bertz CT molecular complexity index is 593. The molecule has 0 aromatic carbocycles. The molecule has 2 fully saturated rings. The Labute approximate surface area is 187 Å². The molecule has 2 heterocycles. The number of carbonyl (C=O) groups excluding carboxylic acids is 1. The maximum atomic E-state index is 13.2. The van der Waals surface area contributed by atoms with Crippen LogP contribution in [0.1, 0.15) is 59.8 Å². The lowest BCUT2D eigenvalue weighted by Crippen LogP contribution is -2.56. The zero-order chi connectivity index (χ0) is 20.1. The number of piperidine rings is 1. The molecule has 3 aliphatic rings. The fourth-order valence-corrected chi connectivity index (χ4v) is 5.03. The Morgan fingerprint density at radius 3 is 2.47 bits per heavy atom. The van der Waals surface area contributed by atoms with E-state index in [1.807, 2.05) is 17.2 Å². The number of hydrogen-bond donors (Lipinski definition) is 3. The Balaban J connectivity index is 0.00000225. The Kier molecular flexibility index (Phi) is 10.9. The third kappa shape index (κ3) is 6.71. The van der Waals surface area contributed by atoms with Crippen molar-refractivity contribution < 1.29 is 15.4 Å². The summed E-state index contributed by atoms with van der Waals surface area (Å²) in [7, 11) is 0. The highest BCUT2D eigenvalue weighted by atomic mass is 35.5. The first-order valence-corrected chi connectivity index (χ1v) is 11.3. The molecule has 0 aromatic heterocycles. The van der Waals surface area contributed by atoms with Crippen LogP contribution >= 0.6 is 11.6 Å². The lowest BCUT2D eigenvalue weighted by molar-refractivity contribution is -0.141. The zero-order valence-corrected chi connectivity index (χ0v) is 18.5. The molecule has 0 aromatic rings. The first-order chi connectivity index (χ1) is 13.4. The number of halogens is 1. The third-order valence-electron chi connectivity index (χ3n) is 6.71. The second-order valence-electron chi connectivity index (χ2n) is 9.05. The van der Waals surface area contributed by atoms with E-state index in [9.17, 15) is 9.90 Å². The smallest absolute Gasteiger partial charge is 0.239 e. The number of nitrogens with one attached hydrogen (secondary N) is 2. The molecule has 174 valence electrons. The van der Waals surface area contributed by atoms with Gasteiger partial charge in [-0.15, -0.1) is 11.6 Å². The quantitative estimate of drug-likeness (QED) is 0.550. The lowest BCUT2D eigenvalue weighted by atomic mass is 9.72. The van der Waals surface area contributed by atoms with E-state index in [1.165, 1.54) is 5.57 Å². The van der Waals surface area contributed by atoms with Crippen molar-refractivity contribution in [2.75, 3.05) is 26.2 Å². The molecular formula is C23H42ClN3O3. The van der Waals surface area contributed by atoms with Crippen molar-refractivity contribution in [3.8, 4) is 0 Å². The molecule has 1 saturated carbocycles. The maximum absolute atomic E-state index is 13.2. The average Bonchev–Trinajstić information content (AvgIpc) is 2.69. The molecule has 0 bridgehead atoms. The third-order valence-corrected chi connectivity index (χ3v) is 7.15. The van der Waals surface area contributed by atoms with Gasteiger partial charge in [-0.05, 0) is 68.2 Å². The average molecular weight is 444 g/mol. The molecular weight excluding hydrogens is 402 g/mol. The van der Waals surface area contributed by atoms with Gasteiger partial charge in [-0.3, -0.25) is 4.79 Å². The summed E-state index contributed by atoms with van der Waals surface area (Å²) in [6, 6.07) is -0.190. The van der Waals surface area contributed by atoms with Crippen molar-refractivity contribution >= 4 is 17.5 Å². The fourth-order valence-electron chi connectivity index (χ4n) is 4.78. The van der Waals surface area contributed by atoms with Gasteiger partial charge in [-0.2, -0.15) is 0 Å². The minimum Gasteiger partial charge on any atom is -0.412 e. The molecule has 0 unspecified atom stereocenters. The van der Waals surface area contributed by atoms with Crippen molar-refractivity contribution in [1.29, 1.82) is 0 Å². The summed E-state index contributed by atoms with van der Waals surface area (Å²) in [5.74, 6) is 0.721. The Morgan fingerprint density at radius 2 is 1.93 bits per heavy atom. The summed E-state index contributed by atoms with van der Waals surface area (Å²) in [4.78, 5) is 15.1. The second-order valence-corrected chi connectivity index (χ2v) is 9.66. The monoisotopic (exact) mass is 443 g/mol. The zero-order valence-electron chi connectivity index (χ0n) is 17.8.